The van der Waals surface area contributed by atoms with Gasteiger partial charge in [-0.1, -0.05) is 18.2 Å². The maximum Gasteiger partial charge on any atom is 0.416 e. The molecule has 1 aromatic carbocycles. The predicted molar refractivity (Wildman–Crippen MR) is 89.9 cm³/mol. The molecule has 0 radical (unpaired) electrons. The highest BCUT2D eigenvalue weighted by Crippen LogP contribution is 2.36. The number of alkyl halides is 3. The summed E-state index contributed by atoms with van der Waals surface area (Å²) >= 11 is 0.541. The molecule has 2 aliphatic rings. The smallest absolute Gasteiger partial charge is 0.341 e. The fourth-order valence-corrected chi connectivity index (χ4v) is 3.69. The number of carbonyl (C=O) groups excluding carboxylic acids is 3. The Morgan fingerprint density at radius 3 is 2.46 bits per heavy atom. The molecule has 1 aromatic rings. The second-order valence-electron chi connectivity index (χ2n) is 5.94. The number of imide groups is 1. The van der Waals surface area contributed by atoms with Crippen molar-refractivity contribution in [3.8, 4) is 0 Å². The molecule has 3 rings (SSSR count). The molecular weight excluding hydrogens is 369 g/mol. The van der Waals surface area contributed by atoms with Crippen molar-refractivity contribution in [1.82, 2.24) is 9.80 Å². The molecule has 5 nitrogen and oxygen atoms in total. The summed E-state index contributed by atoms with van der Waals surface area (Å²) in [4.78, 5) is 38.8. The summed E-state index contributed by atoms with van der Waals surface area (Å²) in [7, 11) is 0. The van der Waals surface area contributed by atoms with E-state index in [1.807, 2.05) is 0 Å². The van der Waals surface area contributed by atoms with Gasteiger partial charge in [0.25, 0.3) is 11.1 Å². The molecule has 2 fully saturated rings. The number of hydrogen-bond acceptors (Lipinski definition) is 4. The molecular formula is C17H15F3N2O3S. The standard InChI is InChI=1S/C17H15F3N2O3S/c18-17(19,20)12-6-2-1-5-11(12)9-13-15(24)22(16(25)26-13)10-14(23)21-7-3-4-8-21/h1-2,5-6,9H,3-4,7-8,10H2/b13-9-. The number of likely N-dealkylation sites (tertiary alicyclic amines) is 1. The van der Waals surface area contributed by atoms with E-state index in [0.717, 1.165) is 29.9 Å². The van der Waals surface area contributed by atoms with Crippen LogP contribution in [0.4, 0.5) is 18.0 Å². The van der Waals surface area contributed by atoms with Gasteiger partial charge < -0.3 is 4.90 Å². The van der Waals surface area contributed by atoms with E-state index in [1.54, 1.807) is 4.90 Å². The normalized spacial score (nSPS) is 19.7. The lowest BCUT2D eigenvalue weighted by atomic mass is 10.1. The summed E-state index contributed by atoms with van der Waals surface area (Å²) in [6, 6.07) is 4.81. The number of hydrogen-bond donors (Lipinski definition) is 0. The number of carbonyl (C=O) groups is 3. The van der Waals surface area contributed by atoms with E-state index in [0.29, 0.717) is 24.9 Å². The monoisotopic (exact) mass is 384 g/mol. The van der Waals surface area contributed by atoms with E-state index in [4.69, 9.17) is 0 Å². The summed E-state index contributed by atoms with van der Waals surface area (Å²) in [5.41, 5.74) is -1.09. The number of amides is 3. The predicted octanol–water partition coefficient (Wildman–Crippen LogP) is 3.36. The first kappa shape index (κ1) is 18.5. The van der Waals surface area contributed by atoms with Crippen LogP contribution in [0.1, 0.15) is 24.0 Å². The number of rotatable bonds is 3. The maximum absolute atomic E-state index is 13.1. The number of benzene rings is 1. The number of thioether (sulfide) groups is 1. The Kier molecular flexibility index (Phi) is 5.08. The minimum absolute atomic E-state index is 0.124. The molecule has 0 spiro atoms. The van der Waals surface area contributed by atoms with Gasteiger partial charge in [0, 0.05) is 13.1 Å². The van der Waals surface area contributed by atoms with E-state index in [9.17, 15) is 27.6 Å². The van der Waals surface area contributed by atoms with Crippen molar-refractivity contribution >= 4 is 34.9 Å². The fourth-order valence-electron chi connectivity index (χ4n) is 2.86. The molecule has 3 amide bonds. The highest BCUT2D eigenvalue weighted by atomic mass is 32.2. The van der Waals surface area contributed by atoms with Crippen LogP contribution in [-0.4, -0.2) is 46.5 Å². The van der Waals surface area contributed by atoms with Crippen molar-refractivity contribution in [1.29, 1.82) is 0 Å². The third-order valence-electron chi connectivity index (χ3n) is 4.18. The van der Waals surface area contributed by atoms with Crippen LogP contribution in [0.25, 0.3) is 6.08 Å². The third kappa shape index (κ3) is 3.77. The van der Waals surface area contributed by atoms with Crippen molar-refractivity contribution < 1.29 is 27.6 Å². The molecule has 0 N–H and O–H groups in total. The zero-order valence-corrected chi connectivity index (χ0v) is 14.4. The van der Waals surface area contributed by atoms with Gasteiger partial charge in [0.1, 0.15) is 6.54 Å². The maximum atomic E-state index is 13.1. The summed E-state index contributed by atoms with van der Waals surface area (Å²) in [6.07, 6.45) is -1.77. The lowest BCUT2D eigenvalue weighted by molar-refractivity contribution is -0.137. The zero-order valence-electron chi connectivity index (χ0n) is 13.6. The topological polar surface area (TPSA) is 57.7 Å². The minimum atomic E-state index is -4.57. The van der Waals surface area contributed by atoms with Crippen LogP contribution in [0.5, 0.6) is 0 Å². The van der Waals surface area contributed by atoms with Crippen LogP contribution in [-0.2, 0) is 15.8 Å². The van der Waals surface area contributed by atoms with E-state index in [1.165, 1.54) is 18.2 Å². The summed E-state index contributed by atoms with van der Waals surface area (Å²) in [6.45, 7) is 0.788. The van der Waals surface area contributed by atoms with Crippen molar-refractivity contribution in [3.05, 3.63) is 40.3 Å². The molecule has 138 valence electrons. The molecule has 2 aliphatic heterocycles. The van der Waals surface area contributed by atoms with Crippen LogP contribution >= 0.6 is 11.8 Å². The first-order valence-corrected chi connectivity index (χ1v) is 8.78. The molecule has 0 bridgehead atoms. The third-order valence-corrected chi connectivity index (χ3v) is 5.09. The Hall–Kier alpha value is -2.29. The number of nitrogens with zero attached hydrogens (tertiary/aromatic N) is 2. The van der Waals surface area contributed by atoms with Gasteiger partial charge in [0.15, 0.2) is 0 Å². The molecule has 0 aliphatic carbocycles. The molecule has 26 heavy (non-hydrogen) atoms. The van der Waals surface area contributed by atoms with Crippen LogP contribution in [0.15, 0.2) is 29.2 Å². The van der Waals surface area contributed by atoms with Gasteiger partial charge in [-0.15, -0.1) is 0 Å². The highest BCUT2D eigenvalue weighted by molar-refractivity contribution is 8.18. The quantitative estimate of drug-likeness (QED) is 0.750. The van der Waals surface area contributed by atoms with Gasteiger partial charge in [-0.05, 0) is 42.3 Å². The average Bonchev–Trinajstić information content (AvgIpc) is 3.19. The summed E-state index contributed by atoms with van der Waals surface area (Å²) < 4.78 is 39.2. The Balaban J connectivity index is 1.81. The number of halogens is 3. The van der Waals surface area contributed by atoms with E-state index >= 15 is 0 Å². The Morgan fingerprint density at radius 1 is 1.15 bits per heavy atom. The van der Waals surface area contributed by atoms with Gasteiger partial charge in [-0.3, -0.25) is 19.3 Å². The first-order chi connectivity index (χ1) is 12.3. The molecule has 0 atom stereocenters. The second kappa shape index (κ2) is 7.14. The minimum Gasteiger partial charge on any atom is -0.341 e. The van der Waals surface area contributed by atoms with Crippen molar-refractivity contribution in [3.63, 3.8) is 0 Å². The lowest BCUT2D eigenvalue weighted by Crippen LogP contribution is -2.40. The molecule has 2 saturated heterocycles. The lowest BCUT2D eigenvalue weighted by Gasteiger charge is -2.18. The fraction of sp³-hybridized carbons (Fsp3) is 0.353. The van der Waals surface area contributed by atoms with Gasteiger partial charge in [0.2, 0.25) is 5.91 Å². The SMILES string of the molecule is O=C(CN1C(=O)S/C(=C\c2ccccc2C(F)(F)F)C1=O)N1CCCC1. The molecule has 0 saturated carbocycles. The summed E-state index contributed by atoms with van der Waals surface area (Å²) in [5.74, 6) is -1.08. The molecule has 0 aromatic heterocycles. The Labute approximate surface area is 151 Å². The average molecular weight is 384 g/mol. The van der Waals surface area contributed by atoms with Crippen LogP contribution in [0.3, 0.4) is 0 Å². The Morgan fingerprint density at radius 2 is 1.81 bits per heavy atom. The molecule has 9 heteroatoms. The molecule has 0 unspecified atom stereocenters. The van der Waals surface area contributed by atoms with Crippen molar-refractivity contribution in [2.45, 2.75) is 19.0 Å². The van der Waals surface area contributed by atoms with Gasteiger partial charge in [-0.25, -0.2) is 0 Å². The zero-order chi connectivity index (χ0) is 18.9. The van der Waals surface area contributed by atoms with Gasteiger partial charge >= 0.3 is 6.18 Å². The molecule has 2 heterocycles. The summed E-state index contributed by atoms with van der Waals surface area (Å²) in [5, 5.41) is -0.654. The van der Waals surface area contributed by atoms with Crippen LogP contribution in [0.2, 0.25) is 0 Å². The highest BCUT2D eigenvalue weighted by Gasteiger charge is 2.38. The van der Waals surface area contributed by atoms with Crippen LogP contribution < -0.4 is 0 Å². The van der Waals surface area contributed by atoms with E-state index in [-0.39, 0.29) is 22.9 Å². The van der Waals surface area contributed by atoms with E-state index in [2.05, 4.69) is 0 Å². The van der Waals surface area contributed by atoms with Crippen LogP contribution in [0, 0.1) is 0 Å². The Bertz CT molecular complexity index is 786. The largest absolute Gasteiger partial charge is 0.416 e. The van der Waals surface area contributed by atoms with Gasteiger partial charge in [-0.2, -0.15) is 13.2 Å². The first-order valence-electron chi connectivity index (χ1n) is 7.97. The van der Waals surface area contributed by atoms with E-state index < -0.39 is 22.9 Å². The van der Waals surface area contributed by atoms with Crippen molar-refractivity contribution in [2.24, 2.45) is 0 Å². The van der Waals surface area contributed by atoms with Crippen molar-refractivity contribution in [2.75, 3.05) is 19.6 Å². The van der Waals surface area contributed by atoms with Gasteiger partial charge in [0.05, 0.1) is 10.5 Å². The second-order valence-corrected chi connectivity index (χ2v) is 6.93.